The van der Waals surface area contributed by atoms with Crippen LogP contribution in [0.1, 0.15) is 20.3 Å². The first kappa shape index (κ1) is 14.2. The van der Waals surface area contributed by atoms with Crippen LogP contribution in [0.3, 0.4) is 0 Å². The molecule has 0 bridgehead atoms. The van der Waals surface area contributed by atoms with Gasteiger partial charge in [0.25, 0.3) is 0 Å². The van der Waals surface area contributed by atoms with Gasteiger partial charge >= 0.3 is 0 Å². The molecule has 0 aliphatic heterocycles. The van der Waals surface area contributed by atoms with Gasteiger partial charge < -0.3 is 20.4 Å². The molecule has 1 atom stereocenters. The fraction of sp³-hybridized carbons (Fsp3) is 0.400. The van der Waals surface area contributed by atoms with Gasteiger partial charge in [-0.25, -0.2) is 4.98 Å². The number of hydrogen-bond acceptors (Lipinski definition) is 4. The number of ether oxygens (including phenoxy) is 1. The van der Waals surface area contributed by atoms with Crippen LogP contribution in [-0.4, -0.2) is 22.2 Å². The lowest BCUT2D eigenvalue weighted by molar-refractivity contribution is 0.319. The number of nitrogens with one attached hydrogen (secondary N) is 1. The average Bonchev–Trinajstić information content (AvgIpc) is 2.92. The highest BCUT2D eigenvalue weighted by atomic mass is 16.5. The third kappa shape index (κ3) is 3.91. The molecule has 20 heavy (non-hydrogen) atoms. The minimum Gasteiger partial charge on any atom is -0.491 e. The molecule has 0 spiro atoms. The topological polar surface area (TPSA) is 65.1 Å². The second-order valence-corrected chi connectivity index (χ2v) is 4.91. The Morgan fingerprint density at radius 3 is 3.00 bits per heavy atom. The van der Waals surface area contributed by atoms with Crippen LogP contribution in [0, 0.1) is 0 Å². The van der Waals surface area contributed by atoms with Gasteiger partial charge in [0.1, 0.15) is 5.75 Å². The molecule has 3 N–H and O–H groups in total. The first-order chi connectivity index (χ1) is 9.69. The number of imidazole rings is 1. The van der Waals surface area contributed by atoms with Gasteiger partial charge in [0.15, 0.2) is 0 Å². The van der Waals surface area contributed by atoms with Crippen molar-refractivity contribution in [1.82, 2.24) is 9.55 Å². The van der Waals surface area contributed by atoms with Crippen molar-refractivity contribution < 1.29 is 4.74 Å². The van der Waals surface area contributed by atoms with Gasteiger partial charge in [-0.05, 0) is 25.5 Å². The van der Waals surface area contributed by atoms with Gasteiger partial charge in [0.05, 0.1) is 18.6 Å². The van der Waals surface area contributed by atoms with Gasteiger partial charge in [0.2, 0.25) is 0 Å². The molecule has 1 unspecified atom stereocenters. The second kappa shape index (κ2) is 6.84. The molecule has 2 aromatic rings. The Morgan fingerprint density at radius 2 is 2.30 bits per heavy atom. The van der Waals surface area contributed by atoms with E-state index < -0.39 is 0 Å². The summed E-state index contributed by atoms with van der Waals surface area (Å²) in [7, 11) is 0. The van der Waals surface area contributed by atoms with Crippen molar-refractivity contribution in [2.75, 3.05) is 17.7 Å². The Kier molecular flexibility index (Phi) is 4.87. The Balaban J connectivity index is 1.98. The van der Waals surface area contributed by atoms with Crippen molar-refractivity contribution in [2.45, 2.75) is 32.9 Å². The van der Waals surface area contributed by atoms with Crippen molar-refractivity contribution in [3.8, 4) is 5.75 Å². The van der Waals surface area contributed by atoms with E-state index in [1.165, 1.54) is 0 Å². The highest BCUT2D eigenvalue weighted by Gasteiger charge is 2.06. The number of aromatic nitrogens is 2. The molecular formula is C15H22N4O. The summed E-state index contributed by atoms with van der Waals surface area (Å²) in [5.74, 6) is 0.742. The number of nitrogen functional groups attached to an aromatic ring is 1. The molecule has 0 saturated carbocycles. The van der Waals surface area contributed by atoms with Crippen molar-refractivity contribution in [3.63, 3.8) is 0 Å². The first-order valence-electron chi connectivity index (χ1n) is 6.93. The molecule has 1 aromatic carbocycles. The zero-order chi connectivity index (χ0) is 14.4. The third-order valence-electron chi connectivity index (χ3n) is 2.93. The number of benzene rings is 1. The number of rotatable bonds is 7. The van der Waals surface area contributed by atoms with Gasteiger partial charge in [-0.1, -0.05) is 6.92 Å². The molecule has 0 fully saturated rings. The summed E-state index contributed by atoms with van der Waals surface area (Å²) in [5.41, 5.74) is 7.59. The zero-order valence-corrected chi connectivity index (χ0v) is 12.0. The van der Waals surface area contributed by atoms with E-state index in [2.05, 4.69) is 24.1 Å². The largest absolute Gasteiger partial charge is 0.491 e. The second-order valence-electron chi connectivity index (χ2n) is 4.91. The van der Waals surface area contributed by atoms with Crippen LogP contribution in [0.25, 0.3) is 0 Å². The fourth-order valence-corrected chi connectivity index (χ4v) is 2.00. The highest BCUT2D eigenvalue weighted by Crippen LogP contribution is 2.26. The van der Waals surface area contributed by atoms with Crippen LogP contribution in [0.5, 0.6) is 5.75 Å². The van der Waals surface area contributed by atoms with Gasteiger partial charge in [-0.3, -0.25) is 0 Å². The van der Waals surface area contributed by atoms with Gasteiger partial charge in [-0.2, -0.15) is 0 Å². The fourth-order valence-electron chi connectivity index (χ4n) is 2.00. The maximum Gasteiger partial charge on any atom is 0.144 e. The van der Waals surface area contributed by atoms with Crippen LogP contribution >= 0.6 is 0 Å². The Labute approximate surface area is 119 Å². The van der Waals surface area contributed by atoms with Crippen LogP contribution < -0.4 is 15.8 Å². The quantitative estimate of drug-likeness (QED) is 0.762. The molecule has 0 amide bonds. The predicted octanol–water partition coefficient (Wildman–Crippen LogP) is 2.75. The number of nitrogens with zero attached hydrogens (tertiary/aromatic N) is 2. The lowest BCUT2D eigenvalue weighted by atomic mass is 10.2. The minimum absolute atomic E-state index is 0.284. The first-order valence-corrected chi connectivity index (χ1v) is 6.93. The van der Waals surface area contributed by atoms with E-state index in [9.17, 15) is 0 Å². The predicted molar refractivity (Wildman–Crippen MR) is 82.0 cm³/mol. The van der Waals surface area contributed by atoms with Crippen LogP contribution in [0.15, 0.2) is 36.9 Å². The Hall–Kier alpha value is -2.17. The standard InChI is InChI=1S/C15H22N4O/c1-3-8-20-15-9-13(4-5-14(15)16)18-12(2)10-19-7-6-17-11-19/h4-7,9,11-12,18H,3,8,10,16H2,1-2H3. The van der Waals surface area contributed by atoms with E-state index in [0.717, 1.165) is 24.4 Å². The molecule has 0 saturated heterocycles. The maximum absolute atomic E-state index is 5.91. The van der Waals surface area contributed by atoms with Crippen molar-refractivity contribution in [3.05, 3.63) is 36.9 Å². The number of hydrogen-bond donors (Lipinski definition) is 2. The maximum atomic E-state index is 5.91. The normalized spacial score (nSPS) is 12.1. The van der Waals surface area contributed by atoms with Crippen LogP contribution in [0.2, 0.25) is 0 Å². The Bertz CT molecular complexity index is 525. The summed E-state index contributed by atoms with van der Waals surface area (Å²) < 4.78 is 7.68. The SMILES string of the molecule is CCCOc1cc(NC(C)Cn2ccnc2)ccc1N. The highest BCUT2D eigenvalue weighted by molar-refractivity contribution is 5.61. The Morgan fingerprint density at radius 1 is 1.45 bits per heavy atom. The minimum atomic E-state index is 0.284. The van der Waals surface area contributed by atoms with E-state index in [1.807, 2.05) is 35.3 Å². The lowest BCUT2D eigenvalue weighted by Crippen LogP contribution is -2.21. The summed E-state index contributed by atoms with van der Waals surface area (Å²) in [4.78, 5) is 4.04. The monoisotopic (exact) mass is 274 g/mol. The average molecular weight is 274 g/mol. The molecule has 0 aliphatic carbocycles. The summed E-state index contributed by atoms with van der Waals surface area (Å²) in [6.45, 7) is 5.74. The summed E-state index contributed by atoms with van der Waals surface area (Å²) in [5, 5.41) is 3.44. The molecule has 1 aromatic heterocycles. The van der Waals surface area contributed by atoms with Gasteiger partial charge in [0, 0.05) is 36.7 Å². The molecule has 5 nitrogen and oxygen atoms in total. The summed E-state index contributed by atoms with van der Waals surface area (Å²) >= 11 is 0. The molecule has 0 radical (unpaired) electrons. The molecule has 108 valence electrons. The van der Waals surface area contributed by atoms with E-state index in [-0.39, 0.29) is 6.04 Å². The molecule has 5 heteroatoms. The van der Waals surface area contributed by atoms with E-state index in [4.69, 9.17) is 10.5 Å². The smallest absolute Gasteiger partial charge is 0.144 e. The van der Waals surface area contributed by atoms with Crippen molar-refractivity contribution >= 4 is 11.4 Å². The molecule has 2 rings (SSSR count). The lowest BCUT2D eigenvalue weighted by Gasteiger charge is -2.17. The van der Waals surface area contributed by atoms with E-state index >= 15 is 0 Å². The number of anilines is 2. The molecular weight excluding hydrogens is 252 g/mol. The van der Waals surface area contributed by atoms with Crippen molar-refractivity contribution in [1.29, 1.82) is 0 Å². The molecule has 0 aliphatic rings. The van der Waals surface area contributed by atoms with E-state index in [0.29, 0.717) is 12.3 Å². The third-order valence-corrected chi connectivity index (χ3v) is 2.93. The van der Waals surface area contributed by atoms with Crippen LogP contribution in [-0.2, 0) is 6.54 Å². The van der Waals surface area contributed by atoms with E-state index in [1.54, 1.807) is 6.20 Å². The molecule has 1 heterocycles. The van der Waals surface area contributed by atoms with Gasteiger partial charge in [-0.15, -0.1) is 0 Å². The number of nitrogens with two attached hydrogens (primary N) is 1. The summed E-state index contributed by atoms with van der Waals surface area (Å²) in [6.07, 6.45) is 6.52. The van der Waals surface area contributed by atoms with Crippen molar-refractivity contribution in [2.24, 2.45) is 0 Å². The van der Waals surface area contributed by atoms with Crippen LogP contribution in [0.4, 0.5) is 11.4 Å². The summed E-state index contributed by atoms with van der Waals surface area (Å²) in [6, 6.07) is 6.08. The zero-order valence-electron chi connectivity index (χ0n) is 12.0.